The summed E-state index contributed by atoms with van der Waals surface area (Å²) in [6.07, 6.45) is -1.07. The van der Waals surface area contributed by atoms with E-state index in [4.69, 9.17) is 4.98 Å². The molecule has 13 nitrogen and oxygen atoms in total. The minimum atomic E-state index is -1.31. The van der Waals surface area contributed by atoms with Gasteiger partial charge in [0.2, 0.25) is 5.91 Å². The van der Waals surface area contributed by atoms with Crippen LogP contribution in [0.2, 0.25) is 0 Å². The molecule has 5 heterocycles. The smallest absolute Gasteiger partial charge is 0.0176 e. The van der Waals surface area contributed by atoms with E-state index in [1.165, 1.54) is 29.2 Å². The average Bonchev–Trinajstić information content (AvgIpc) is 3.42. The number of fused-ring (bicyclic) bond motifs is 3. The third-order valence-corrected chi connectivity index (χ3v) is 16.2. The van der Waals surface area contributed by atoms with Crippen LogP contribution in [0.1, 0.15) is 53.5 Å². The van der Waals surface area contributed by atoms with Crippen LogP contribution in [-0.2, 0) is 32.1 Å². The van der Waals surface area contributed by atoms with Crippen LogP contribution >= 0.6 is 0 Å². The van der Waals surface area contributed by atoms with Crippen LogP contribution < -0.4 is 42.5 Å². The molecular formula is C43H56F3IN9O4-. The number of nitrogens with one attached hydrogen (secondary N) is 5. The Kier molecular flexibility index (Phi) is 12.9. The minimum absolute atomic E-state index is 0.0545. The molecule has 326 valence electrons. The Labute approximate surface area is 358 Å². The first-order chi connectivity index (χ1) is 28.5. The molecule has 17 heteroatoms. The largest absolute Gasteiger partial charge is 0.0603 e. The number of hydrogen-bond acceptors (Lipinski definition) is 7. The molecule has 2 aromatic carbocycles. The number of likely N-dealkylation sites (N-methyl/N-ethyl adjacent to an activating group) is 2. The van der Waals surface area contributed by atoms with Crippen molar-refractivity contribution in [3.8, 4) is 11.5 Å². The Bertz CT molecular complexity index is 2280. The van der Waals surface area contributed by atoms with Gasteiger partial charge < -0.3 is 10.6 Å². The van der Waals surface area contributed by atoms with E-state index in [1.54, 1.807) is 40.1 Å². The molecule has 3 fully saturated rings. The zero-order valence-corrected chi connectivity index (χ0v) is 37.4. The monoisotopic (exact) mass is 946 g/mol. The van der Waals surface area contributed by atoms with Crippen molar-refractivity contribution in [1.82, 2.24) is 45.6 Å². The van der Waals surface area contributed by atoms with Crippen molar-refractivity contribution >= 4 is 45.6 Å². The van der Waals surface area contributed by atoms with Gasteiger partial charge in [0, 0.05) is 0 Å². The summed E-state index contributed by atoms with van der Waals surface area (Å²) < 4.78 is 48.0. The molecule has 0 aliphatic carbocycles. The number of nitrogens with zero attached hydrogens (tertiary/aromatic N) is 4. The van der Waals surface area contributed by atoms with E-state index < -0.39 is 48.0 Å². The maximum Gasteiger partial charge on any atom is -0.0176 e. The summed E-state index contributed by atoms with van der Waals surface area (Å²) in [6, 6.07) is 5.29. The van der Waals surface area contributed by atoms with Crippen LogP contribution in [0, 0.1) is 23.5 Å². The van der Waals surface area contributed by atoms with E-state index in [0.29, 0.717) is 60.0 Å². The number of aromatic nitrogens is 3. The zero-order valence-electron chi connectivity index (χ0n) is 35.3. The van der Waals surface area contributed by atoms with Crippen LogP contribution in [0.3, 0.4) is 0 Å². The standard InChI is InChI=1S/C43H56F3IN9O4/c1-20(2)36(52-40(57)22(5)48-7)42(59)54-17-26(46)13-27(54)16-29-28-11-9-24(44)14-31(28)50-38(29)39-51-32-15-25(45)10-12-33(32)55(39)19-34-35-30(47-35)18-56(34)43(60)37(21(3)4)53-41(58)23(6)49-8/h9-12,14-15,20-23,26-27,30,34-37,48-50H,13,16-19H2,1-8H3,(H,52,57)(H,53,58)/q-1/t22-,23-,26-,27-,30-,34+,35-,36-,37-/m0/s1. The number of alkyl halides is 3. The molecule has 5 N–H and O–H groups in total. The molecule has 4 aromatic rings. The topological polar surface area (TPSA) is 156 Å². The number of halogens is 4. The fourth-order valence-corrected chi connectivity index (χ4v) is 11.9. The maximum absolute atomic E-state index is 15.5. The van der Waals surface area contributed by atoms with Gasteiger partial charge in [-0.15, -0.1) is 0 Å². The number of aromatic amines is 1. The molecule has 2 aromatic heterocycles. The van der Waals surface area contributed by atoms with Crippen molar-refractivity contribution in [2.75, 3.05) is 27.2 Å². The van der Waals surface area contributed by atoms with Crippen molar-refractivity contribution in [2.24, 2.45) is 11.8 Å². The van der Waals surface area contributed by atoms with Gasteiger partial charge in [0.15, 0.2) is 0 Å². The van der Waals surface area contributed by atoms with Gasteiger partial charge in [-0.05, 0) is 19.9 Å². The third kappa shape index (κ3) is 8.62. The molecule has 3 aliphatic rings. The van der Waals surface area contributed by atoms with Gasteiger partial charge in [0.05, 0.1) is 6.04 Å². The summed E-state index contributed by atoms with van der Waals surface area (Å²) >= 11 is -0.171. The number of amides is 4. The molecule has 0 bridgehead atoms. The van der Waals surface area contributed by atoms with Crippen molar-refractivity contribution in [1.29, 1.82) is 0 Å². The summed E-state index contributed by atoms with van der Waals surface area (Å²) in [7, 11) is 3.34. The quantitative estimate of drug-likeness (QED) is 0.0860. The SMILES string of the molecule is CN[C@@H](C)C(=O)N[C@H](C(=O)N1C[C@@H](F)C[C@H]1Cc1c(-c2nc3cc(F)ccc3n2C[C@@H]2[C@H]3[I-][C@H]3CN2C(=O)[C@@H](NC(=O)[C@H](C)NC)C(C)C)[nH]c2cc(F)ccc12)C(C)C. The first kappa shape index (κ1) is 43.8. The summed E-state index contributed by atoms with van der Waals surface area (Å²) in [6.45, 7) is 11.7. The molecule has 0 radical (unpaired) electrons. The Balaban J connectivity index is 1.28. The van der Waals surface area contributed by atoms with E-state index in [-0.39, 0.29) is 82.1 Å². The fourth-order valence-electron chi connectivity index (χ4n) is 8.62. The number of carbonyl (C=O) groups is 4. The van der Waals surface area contributed by atoms with E-state index in [1.807, 2.05) is 37.2 Å². The molecule has 7 rings (SSSR count). The number of likely N-dealkylation sites (tertiary alicyclic amines) is 2. The van der Waals surface area contributed by atoms with Crippen molar-refractivity contribution < 1.29 is 53.6 Å². The van der Waals surface area contributed by atoms with Gasteiger partial charge in [-0.2, -0.15) is 0 Å². The normalized spacial score (nSPS) is 23.4. The first-order valence-corrected chi connectivity index (χ1v) is 23.3. The number of rotatable bonds is 15. The molecule has 4 amide bonds. The van der Waals surface area contributed by atoms with E-state index in [9.17, 15) is 28.0 Å². The number of H-pyrrole nitrogens is 1. The van der Waals surface area contributed by atoms with E-state index in [0.717, 1.165) is 0 Å². The second-order valence-corrected chi connectivity index (χ2v) is 20.9. The zero-order chi connectivity index (χ0) is 43.3. The molecule has 0 saturated carbocycles. The molecular weight excluding hydrogens is 890 g/mol. The number of benzene rings is 2. The molecule has 3 aliphatic heterocycles. The van der Waals surface area contributed by atoms with Crippen molar-refractivity contribution in [3.05, 3.63) is 53.6 Å². The van der Waals surface area contributed by atoms with E-state index >= 15 is 4.39 Å². The molecule has 3 saturated heterocycles. The predicted molar refractivity (Wildman–Crippen MR) is 219 cm³/mol. The Morgan fingerprint density at radius 1 is 0.850 bits per heavy atom. The summed E-state index contributed by atoms with van der Waals surface area (Å²) in [5.41, 5.74) is 2.71. The van der Waals surface area contributed by atoms with Gasteiger partial charge in [-0.1, -0.05) is 13.8 Å². The van der Waals surface area contributed by atoms with Crippen LogP contribution in [-0.4, -0.2) is 125 Å². The number of hydrogen-bond donors (Lipinski definition) is 5. The third-order valence-electron chi connectivity index (χ3n) is 12.4. The Morgan fingerprint density at radius 2 is 1.45 bits per heavy atom. The summed E-state index contributed by atoms with van der Waals surface area (Å²) in [5.74, 6) is -2.09. The number of carbonyl (C=O) groups excluding carboxylic acids is 4. The van der Waals surface area contributed by atoms with Gasteiger partial charge in [-0.3, -0.25) is 4.79 Å². The number of imidazole rings is 1. The Morgan fingerprint density at radius 3 is 2.07 bits per heavy atom. The second-order valence-electron chi connectivity index (χ2n) is 17.2. The second kappa shape index (κ2) is 17.6. The van der Waals surface area contributed by atoms with Crippen LogP contribution in [0.4, 0.5) is 13.2 Å². The molecule has 60 heavy (non-hydrogen) atoms. The van der Waals surface area contributed by atoms with Gasteiger partial charge in [0.1, 0.15) is 0 Å². The van der Waals surface area contributed by atoms with Crippen molar-refractivity contribution in [3.63, 3.8) is 0 Å². The summed E-state index contributed by atoms with van der Waals surface area (Å²) in [5, 5.41) is 12.3. The van der Waals surface area contributed by atoms with Crippen LogP contribution in [0.25, 0.3) is 33.5 Å². The predicted octanol–water partition coefficient (Wildman–Crippen LogP) is 0.492. The van der Waals surface area contributed by atoms with Crippen LogP contribution in [0.5, 0.6) is 0 Å². The van der Waals surface area contributed by atoms with Crippen molar-refractivity contribution in [2.45, 2.75) is 111 Å². The fraction of sp³-hybridized carbons (Fsp3) is 0.558. The average molecular weight is 947 g/mol. The molecule has 0 unspecified atom stereocenters. The Hall–Kier alpha value is -4.23. The van der Waals surface area contributed by atoms with Gasteiger partial charge in [0.25, 0.3) is 0 Å². The van der Waals surface area contributed by atoms with Gasteiger partial charge in [-0.25, -0.2) is 0 Å². The van der Waals surface area contributed by atoms with E-state index in [2.05, 4.69) is 26.3 Å². The first-order valence-electron chi connectivity index (χ1n) is 20.8. The molecule has 0 spiro atoms. The molecule has 9 atom stereocenters. The van der Waals surface area contributed by atoms with Gasteiger partial charge >= 0.3 is 299 Å². The summed E-state index contributed by atoms with van der Waals surface area (Å²) in [4.78, 5) is 66.4. The van der Waals surface area contributed by atoms with Crippen LogP contribution in [0.15, 0.2) is 36.4 Å². The maximum atomic E-state index is 15.5. The minimum Gasteiger partial charge on any atom is -0.0603 e.